The predicted octanol–water partition coefficient (Wildman–Crippen LogP) is 4.44. The number of hydrazone groups is 1. The summed E-state index contributed by atoms with van der Waals surface area (Å²) in [4.78, 5) is 3.86. The Kier molecular flexibility index (Phi) is 4.79. The Labute approximate surface area is 128 Å². The molecule has 1 heterocycles. The van der Waals surface area contributed by atoms with Crippen molar-refractivity contribution in [3.8, 4) is 0 Å². The maximum Gasteiger partial charge on any atom is 0.131 e. The topological polar surface area (TPSA) is 37.3 Å². The molecule has 2 aromatic rings. The van der Waals surface area contributed by atoms with Crippen LogP contribution in [0.25, 0.3) is 0 Å². The standard InChI is InChI=1S/C12H8Cl2IN3/c13-11-5-8(6-12(14)17-11)7-16-18-10-3-1-9(15)2-4-10/h1-7,18H/b16-7-. The molecule has 2 rings (SSSR count). The van der Waals surface area contributed by atoms with Crippen molar-refractivity contribution in [2.24, 2.45) is 5.10 Å². The van der Waals surface area contributed by atoms with Crippen molar-refractivity contribution in [1.29, 1.82) is 0 Å². The van der Waals surface area contributed by atoms with Crippen molar-refractivity contribution in [2.75, 3.05) is 5.43 Å². The van der Waals surface area contributed by atoms with E-state index in [4.69, 9.17) is 23.2 Å². The van der Waals surface area contributed by atoms with Gasteiger partial charge in [0.2, 0.25) is 0 Å². The van der Waals surface area contributed by atoms with Gasteiger partial charge >= 0.3 is 0 Å². The smallest absolute Gasteiger partial charge is 0.131 e. The molecule has 92 valence electrons. The lowest BCUT2D eigenvalue weighted by atomic mass is 10.3. The van der Waals surface area contributed by atoms with Crippen LogP contribution in [0.2, 0.25) is 10.3 Å². The van der Waals surface area contributed by atoms with Crippen LogP contribution in [0.1, 0.15) is 5.56 Å². The summed E-state index contributed by atoms with van der Waals surface area (Å²) in [6.45, 7) is 0. The van der Waals surface area contributed by atoms with E-state index in [9.17, 15) is 0 Å². The van der Waals surface area contributed by atoms with Gasteiger partial charge in [-0.1, -0.05) is 23.2 Å². The highest BCUT2D eigenvalue weighted by Gasteiger charge is 1.96. The Morgan fingerprint density at radius 1 is 1.11 bits per heavy atom. The van der Waals surface area contributed by atoms with Crippen molar-refractivity contribution in [3.05, 3.63) is 55.8 Å². The van der Waals surface area contributed by atoms with E-state index < -0.39 is 0 Å². The van der Waals surface area contributed by atoms with Gasteiger partial charge in [0.05, 0.1) is 11.9 Å². The monoisotopic (exact) mass is 391 g/mol. The number of rotatable bonds is 3. The molecule has 0 unspecified atom stereocenters. The molecule has 0 aliphatic rings. The molecule has 6 heteroatoms. The molecule has 1 aromatic heterocycles. The van der Waals surface area contributed by atoms with Crippen LogP contribution in [0, 0.1) is 3.57 Å². The molecule has 0 bridgehead atoms. The van der Waals surface area contributed by atoms with Crippen LogP contribution in [0.3, 0.4) is 0 Å². The first-order valence-electron chi connectivity index (χ1n) is 5.01. The average molecular weight is 392 g/mol. The molecule has 1 N–H and O–H groups in total. The summed E-state index contributed by atoms with van der Waals surface area (Å²) in [6.07, 6.45) is 1.64. The van der Waals surface area contributed by atoms with E-state index >= 15 is 0 Å². The van der Waals surface area contributed by atoms with Crippen molar-refractivity contribution in [2.45, 2.75) is 0 Å². The quantitative estimate of drug-likeness (QED) is 0.363. The highest BCUT2D eigenvalue weighted by Crippen LogP contribution is 2.14. The van der Waals surface area contributed by atoms with E-state index in [0.717, 1.165) is 11.3 Å². The molecule has 0 fully saturated rings. The van der Waals surface area contributed by atoms with Crippen LogP contribution < -0.4 is 5.43 Å². The predicted molar refractivity (Wildman–Crippen MR) is 84.6 cm³/mol. The summed E-state index contributed by atoms with van der Waals surface area (Å²) in [5.74, 6) is 0. The van der Waals surface area contributed by atoms with Gasteiger partial charge < -0.3 is 0 Å². The molecule has 0 aliphatic carbocycles. The Bertz CT molecular complexity index is 550. The summed E-state index contributed by atoms with van der Waals surface area (Å²) in [6, 6.07) is 11.3. The molecule has 0 amide bonds. The number of hydrogen-bond acceptors (Lipinski definition) is 3. The summed E-state index contributed by atoms with van der Waals surface area (Å²) in [5, 5.41) is 4.79. The fourth-order valence-electron chi connectivity index (χ4n) is 1.26. The third-order valence-electron chi connectivity index (χ3n) is 2.04. The second-order valence-corrected chi connectivity index (χ2v) is 5.44. The van der Waals surface area contributed by atoms with E-state index in [2.05, 4.69) is 38.1 Å². The minimum atomic E-state index is 0.346. The van der Waals surface area contributed by atoms with Crippen LogP contribution in [0.15, 0.2) is 41.5 Å². The molecule has 0 radical (unpaired) electrons. The first-order valence-corrected chi connectivity index (χ1v) is 6.85. The molecule has 1 aromatic carbocycles. The van der Waals surface area contributed by atoms with Crippen LogP contribution >= 0.6 is 45.8 Å². The molecular formula is C12H8Cl2IN3. The highest BCUT2D eigenvalue weighted by atomic mass is 127. The molecular weight excluding hydrogens is 384 g/mol. The number of benzene rings is 1. The van der Waals surface area contributed by atoms with Gasteiger partial charge in [0.15, 0.2) is 0 Å². The molecule has 0 atom stereocenters. The first kappa shape index (κ1) is 13.6. The van der Waals surface area contributed by atoms with E-state index in [1.165, 1.54) is 3.57 Å². The van der Waals surface area contributed by atoms with Crippen LogP contribution in [-0.4, -0.2) is 11.2 Å². The van der Waals surface area contributed by atoms with Gasteiger partial charge in [-0.15, -0.1) is 0 Å². The SMILES string of the molecule is Clc1cc(/C=N\Nc2ccc(I)cc2)cc(Cl)n1. The second-order valence-electron chi connectivity index (χ2n) is 3.42. The van der Waals surface area contributed by atoms with Gasteiger partial charge in [0.25, 0.3) is 0 Å². The van der Waals surface area contributed by atoms with Gasteiger partial charge in [-0.25, -0.2) is 4.98 Å². The summed E-state index contributed by atoms with van der Waals surface area (Å²) in [7, 11) is 0. The maximum atomic E-state index is 5.79. The van der Waals surface area contributed by atoms with Gasteiger partial charge in [0.1, 0.15) is 10.3 Å². The Morgan fingerprint density at radius 2 is 1.72 bits per heavy atom. The third kappa shape index (κ3) is 4.12. The van der Waals surface area contributed by atoms with E-state index in [0.29, 0.717) is 10.3 Å². The van der Waals surface area contributed by atoms with Gasteiger partial charge in [-0.05, 0) is 59.0 Å². The molecule has 0 aliphatic heterocycles. The lowest BCUT2D eigenvalue weighted by Crippen LogP contribution is -1.91. The van der Waals surface area contributed by atoms with Crippen LogP contribution in [-0.2, 0) is 0 Å². The van der Waals surface area contributed by atoms with E-state index in [-0.39, 0.29) is 0 Å². The Balaban J connectivity index is 2.05. The maximum absolute atomic E-state index is 5.79. The third-order valence-corrected chi connectivity index (χ3v) is 3.14. The van der Waals surface area contributed by atoms with Gasteiger partial charge in [-0.3, -0.25) is 5.43 Å². The number of halogens is 3. The van der Waals surface area contributed by atoms with Crippen molar-refractivity contribution < 1.29 is 0 Å². The van der Waals surface area contributed by atoms with E-state index in [1.807, 2.05) is 24.3 Å². The molecule has 18 heavy (non-hydrogen) atoms. The Hall–Kier alpha value is -0.850. The largest absolute Gasteiger partial charge is 0.279 e. The molecule has 0 spiro atoms. The lowest BCUT2D eigenvalue weighted by molar-refractivity contribution is 1.31. The second kappa shape index (κ2) is 6.36. The van der Waals surface area contributed by atoms with Crippen LogP contribution in [0.5, 0.6) is 0 Å². The zero-order chi connectivity index (χ0) is 13.0. The average Bonchev–Trinajstić information content (AvgIpc) is 2.30. The van der Waals surface area contributed by atoms with Gasteiger partial charge in [0, 0.05) is 9.13 Å². The molecule has 0 saturated heterocycles. The zero-order valence-electron chi connectivity index (χ0n) is 9.07. The number of nitrogens with zero attached hydrogens (tertiary/aromatic N) is 2. The summed E-state index contributed by atoms with van der Waals surface area (Å²) >= 11 is 13.8. The lowest BCUT2D eigenvalue weighted by Gasteiger charge is -2.00. The minimum absolute atomic E-state index is 0.346. The Morgan fingerprint density at radius 3 is 2.33 bits per heavy atom. The number of pyridine rings is 1. The normalized spacial score (nSPS) is 10.8. The number of hydrogen-bond donors (Lipinski definition) is 1. The number of aromatic nitrogens is 1. The fraction of sp³-hybridized carbons (Fsp3) is 0. The molecule has 0 saturated carbocycles. The number of anilines is 1. The van der Waals surface area contributed by atoms with Crippen molar-refractivity contribution in [3.63, 3.8) is 0 Å². The highest BCUT2D eigenvalue weighted by molar-refractivity contribution is 14.1. The minimum Gasteiger partial charge on any atom is -0.279 e. The summed E-state index contributed by atoms with van der Waals surface area (Å²) < 4.78 is 1.18. The molecule has 3 nitrogen and oxygen atoms in total. The fourth-order valence-corrected chi connectivity index (χ4v) is 2.10. The zero-order valence-corrected chi connectivity index (χ0v) is 12.7. The van der Waals surface area contributed by atoms with Crippen molar-refractivity contribution in [1.82, 2.24) is 4.98 Å². The van der Waals surface area contributed by atoms with E-state index in [1.54, 1.807) is 18.3 Å². The van der Waals surface area contributed by atoms with Crippen molar-refractivity contribution >= 4 is 57.7 Å². The van der Waals surface area contributed by atoms with Gasteiger partial charge in [-0.2, -0.15) is 5.10 Å². The first-order chi connectivity index (χ1) is 8.63. The number of nitrogens with one attached hydrogen (secondary N) is 1. The summed E-state index contributed by atoms with van der Waals surface area (Å²) in [5.41, 5.74) is 4.62. The van der Waals surface area contributed by atoms with Crippen LogP contribution in [0.4, 0.5) is 5.69 Å².